The zero-order valence-electron chi connectivity index (χ0n) is 17.6. The van der Waals surface area contributed by atoms with Crippen molar-refractivity contribution in [3.05, 3.63) is 59.9 Å². The molecular weight excluding hydrogens is 393 g/mol. The monoisotopic (exact) mass is 421 g/mol. The molecule has 31 heavy (non-hydrogen) atoms. The summed E-state index contributed by atoms with van der Waals surface area (Å²) in [7, 11) is 0. The fourth-order valence-corrected chi connectivity index (χ4v) is 4.59. The fourth-order valence-electron chi connectivity index (χ4n) is 4.59. The Hall–Kier alpha value is -3.15. The number of halogens is 1. The van der Waals surface area contributed by atoms with E-state index in [-0.39, 0.29) is 17.6 Å². The second kappa shape index (κ2) is 9.33. The van der Waals surface area contributed by atoms with E-state index in [2.05, 4.69) is 11.1 Å². The molecule has 1 aliphatic heterocycles. The van der Waals surface area contributed by atoms with Gasteiger partial charge in [-0.2, -0.15) is 0 Å². The van der Waals surface area contributed by atoms with Gasteiger partial charge in [-0.1, -0.05) is 18.2 Å². The Morgan fingerprint density at radius 3 is 2.65 bits per heavy atom. The van der Waals surface area contributed by atoms with Crippen LogP contribution in [0.25, 0.3) is 22.2 Å². The zero-order valence-corrected chi connectivity index (χ0v) is 17.6. The molecule has 1 unspecified atom stereocenters. The first-order valence-electron chi connectivity index (χ1n) is 10.9. The first-order valence-corrected chi connectivity index (χ1v) is 10.9. The van der Waals surface area contributed by atoms with E-state index in [0.717, 1.165) is 53.5 Å². The number of amides is 2. The predicted molar refractivity (Wildman–Crippen MR) is 120 cm³/mol. The molecule has 162 valence electrons. The molecule has 1 atom stereocenters. The molecule has 3 aromatic rings. The second-order valence-electron chi connectivity index (χ2n) is 8.38. The number of fused-ring (bicyclic) bond motifs is 1. The lowest BCUT2D eigenvalue weighted by atomic mass is 9.93. The molecule has 5 nitrogen and oxygen atoms in total. The van der Waals surface area contributed by atoms with Crippen molar-refractivity contribution in [3.8, 4) is 11.3 Å². The summed E-state index contributed by atoms with van der Waals surface area (Å²) >= 11 is 0. The van der Waals surface area contributed by atoms with Crippen molar-refractivity contribution in [2.24, 2.45) is 11.7 Å². The second-order valence-corrected chi connectivity index (χ2v) is 8.38. The van der Waals surface area contributed by atoms with E-state index < -0.39 is 0 Å². The summed E-state index contributed by atoms with van der Waals surface area (Å²) in [4.78, 5) is 29.4. The van der Waals surface area contributed by atoms with Gasteiger partial charge in [0, 0.05) is 42.5 Å². The van der Waals surface area contributed by atoms with Gasteiger partial charge in [0.2, 0.25) is 11.8 Å². The van der Waals surface area contributed by atoms with E-state index in [9.17, 15) is 14.0 Å². The van der Waals surface area contributed by atoms with Crippen LogP contribution >= 0.6 is 0 Å². The van der Waals surface area contributed by atoms with E-state index in [1.165, 1.54) is 12.1 Å². The van der Waals surface area contributed by atoms with Gasteiger partial charge in [0.05, 0.1) is 0 Å². The maximum atomic E-state index is 13.4. The lowest BCUT2D eigenvalue weighted by Crippen LogP contribution is -2.40. The van der Waals surface area contributed by atoms with Crippen molar-refractivity contribution < 1.29 is 14.0 Å². The molecule has 2 aromatic carbocycles. The van der Waals surface area contributed by atoms with Gasteiger partial charge in [-0.3, -0.25) is 9.59 Å². The van der Waals surface area contributed by atoms with Crippen LogP contribution in [-0.4, -0.2) is 34.8 Å². The van der Waals surface area contributed by atoms with Crippen molar-refractivity contribution in [3.63, 3.8) is 0 Å². The van der Waals surface area contributed by atoms with Crippen LogP contribution in [0.1, 0.15) is 37.7 Å². The van der Waals surface area contributed by atoms with Crippen molar-refractivity contribution >= 4 is 22.7 Å². The number of H-pyrrole nitrogens is 1. The van der Waals surface area contributed by atoms with Crippen molar-refractivity contribution in [2.45, 2.75) is 38.5 Å². The topological polar surface area (TPSA) is 79.2 Å². The fraction of sp³-hybridized carbons (Fsp3) is 0.360. The molecule has 1 aliphatic rings. The van der Waals surface area contributed by atoms with Crippen LogP contribution in [0, 0.1) is 11.7 Å². The van der Waals surface area contributed by atoms with Crippen molar-refractivity contribution in [2.75, 3.05) is 13.1 Å². The number of piperidine rings is 1. The molecule has 0 aliphatic carbocycles. The van der Waals surface area contributed by atoms with Crippen LogP contribution in [0.15, 0.2) is 48.5 Å². The number of nitrogens with one attached hydrogen (secondary N) is 1. The van der Waals surface area contributed by atoms with E-state index in [0.29, 0.717) is 31.7 Å². The molecule has 1 aromatic heterocycles. The van der Waals surface area contributed by atoms with Gasteiger partial charge < -0.3 is 15.6 Å². The number of aromatic nitrogens is 1. The number of likely N-dealkylation sites (tertiary alicyclic amines) is 1. The number of carbonyl (C=O) groups excluding carboxylic acids is 2. The minimum Gasteiger partial charge on any atom is -0.370 e. The van der Waals surface area contributed by atoms with Crippen LogP contribution in [-0.2, 0) is 16.0 Å². The molecule has 0 spiro atoms. The third-order valence-corrected chi connectivity index (χ3v) is 6.21. The lowest BCUT2D eigenvalue weighted by Gasteiger charge is -2.32. The Labute approximate surface area is 181 Å². The third kappa shape index (κ3) is 4.95. The maximum absolute atomic E-state index is 13.4. The molecule has 3 N–H and O–H groups in total. The van der Waals surface area contributed by atoms with Gasteiger partial charge in [-0.05, 0) is 73.1 Å². The standard InChI is InChI=1S/C25H28FN3O2/c26-19-10-8-18(9-11-19)25-21(20-5-1-2-6-22(20)28-25)12-14-24(31)29-15-3-4-17(16-29)7-13-23(27)30/h1-2,5-6,8-11,17,28H,3-4,7,12-16H2,(H2,27,30). The number of para-hydroxylation sites is 1. The van der Waals surface area contributed by atoms with E-state index in [1.54, 1.807) is 12.1 Å². The smallest absolute Gasteiger partial charge is 0.222 e. The molecule has 2 amide bonds. The summed E-state index contributed by atoms with van der Waals surface area (Å²) in [5.41, 5.74) is 9.21. The number of benzene rings is 2. The van der Waals surface area contributed by atoms with Gasteiger partial charge in [0.1, 0.15) is 5.82 Å². The third-order valence-electron chi connectivity index (χ3n) is 6.21. The number of nitrogens with zero attached hydrogens (tertiary/aromatic N) is 1. The highest BCUT2D eigenvalue weighted by atomic mass is 19.1. The van der Waals surface area contributed by atoms with Crippen LogP contribution in [0.3, 0.4) is 0 Å². The number of primary amides is 1. The van der Waals surface area contributed by atoms with Crippen LogP contribution in [0.4, 0.5) is 4.39 Å². The summed E-state index contributed by atoms with van der Waals surface area (Å²) in [6.07, 6.45) is 4.15. The molecular formula is C25H28FN3O2. The zero-order chi connectivity index (χ0) is 21.8. The van der Waals surface area contributed by atoms with Crippen molar-refractivity contribution in [1.29, 1.82) is 0 Å². The van der Waals surface area contributed by atoms with Gasteiger partial charge >= 0.3 is 0 Å². The molecule has 4 rings (SSSR count). The molecule has 2 heterocycles. The first kappa shape index (κ1) is 21.1. The molecule has 1 saturated heterocycles. The van der Waals surface area contributed by atoms with Crippen LogP contribution in [0.2, 0.25) is 0 Å². The van der Waals surface area contributed by atoms with E-state index >= 15 is 0 Å². The minimum absolute atomic E-state index is 0.138. The SMILES string of the molecule is NC(=O)CCC1CCCN(C(=O)CCc2c(-c3ccc(F)cc3)[nH]c3ccccc23)C1. The average molecular weight is 422 g/mol. The number of hydrogen-bond acceptors (Lipinski definition) is 2. The van der Waals surface area contributed by atoms with Crippen LogP contribution < -0.4 is 5.73 Å². The largest absolute Gasteiger partial charge is 0.370 e. The first-order chi connectivity index (χ1) is 15.0. The summed E-state index contributed by atoms with van der Waals surface area (Å²) in [6, 6.07) is 14.5. The number of carbonyl (C=O) groups is 2. The summed E-state index contributed by atoms with van der Waals surface area (Å²) in [5, 5.41) is 1.09. The molecule has 1 fully saturated rings. The normalized spacial score (nSPS) is 16.5. The Morgan fingerprint density at radius 2 is 1.87 bits per heavy atom. The Morgan fingerprint density at radius 1 is 1.10 bits per heavy atom. The molecule has 6 heteroatoms. The van der Waals surface area contributed by atoms with E-state index in [4.69, 9.17) is 5.73 Å². The number of aromatic amines is 1. The quantitative estimate of drug-likeness (QED) is 0.593. The Balaban J connectivity index is 1.49. The minimum atomic E-state index is -0.281. The summed E-state index contributed by atoms with van der Waals surface area (Å²) in [6.45, 7) is 1.47. The Bertz CT molecular complexity index is 1070. The molecule has 0 radical (unpaired) electrons. The number of nitrogens with two attached hydrogens (primary N) is 1. The van der Waals surface area contributed by atoms with E-state index in [1.807, 2.05) is 23.1 Å². The van der Waals surface area contributed by atoms with Crippen LogP contribution in [0.5, 0.6) is 0 Å². The maximum Gasteiger partial charge on any atom is 0.222 e. The van der Waals surface area contributed by atoms with Gasteiger partial charge in [-0.15, -0.1) is 0 Å². The predicted octanol–water partition coefficient (Wildman–Crippen LogP) is 4.41. The molecule has 0 bridgehead atoms. The highest BCUT2D eigenvalue weighted by molar-refractivity contribution is 5.91. The highest BCUT2D eigenvalue weighted by Gasteiger charge is 2.24. The number of aryl methyl sites for hydroxylation is 1. The summed E-state index contributed by atoms with van der Waals surface area (Å²) in [5.74, 6) is -0.0733. The number of hydrogen-bond donors (Lipinski definition) is 2. The van der Waals surface area contributed by atoms with Gasteiger partial charge in [0.25, 0.3) is 0 Å². The average Bonchev–Trinajstić information content (AvgIpc) is 3.15. The molecule has 0 saturated carbocycles. The van der Waals surface area contributed by atoms with Gasteiger partial charge in [0.15, 0.2) is 0 Å². The van der Waals surface area contributed by atoms with Crippen molar-refractivity contribution in [1.82, 2.24) is 9.88 Å². The Kier molecular flexibility index (Phi) is 6.35. The lowest BCUT2D eigenvalue weighted by molar-refractivity contribution is -0.133. The van der Waals surface area contributed by atoms with Gasteiger partial charge in [-0.25, -0.2) is 4.39 Å². The summed E-state index contributed by atoms with van der Waals surface area (Å²) < 4.78 is 13.4. The number of rotatable bonds is 7. The highest BCUT2D eigenvalue weighted by Crippen LogP contribution is 2.32.